The first-order valence-electron chi connectivity index (χ1n) is 8.94. The zero-order valence-corrected chi connectivity index (χ0v) is 15.8. The molecule has 4 rings (SSSR count). The first kappa shape index (κ1) is 19.7. The zero-order valence-electron chi connectivity index (χ0n) is 15.1. The van der Waals surface area contributed by atoms with Crippen molar-refractivity contribution in [2.45, 2.75) is 18.6 Å². The number of aromatic nitrogens is 2. The van der Waals surface area contributed by atoms with Gasteiger partial charge in [0, 0.05) is 37.9 Å². The van der Waals surface area contributed by atoms with Crippen molar-refractivity contribution in [3.63, 3.8) is 0 Å². The number of alkyl halides is 3. The monoisotopic (exact) mass is 427 g/mol. The second-order valence-electron chi connectivity index (χ2n) is 6.97. The SMILES string of the molecule is O=C(O)N1CCN2CCc3cc(Nc4cc(Cl)nc(C(F)(F)F)n4)ccc3[C@@H]2C1. The Labute approximate surface area is 169 Å². The molecule has 1 amide bonds. The third kappa shape index (κ3) is 4.08. The van der Waals surface area contributed by atoms with Crippen molar-refractivity contribution in [3.05, 3.63) is 46.4 Å². The topological polar surface area (TPSA) is 81.6 Å². The fraction of sp³-hybridized carbons (Fsp3) is 0.389. The van der Waals surface area contributed by atoms with Crippen LogP contribution in [0.3, 0.4) is 0 Å². The van der Waals surface area contributed by atoms with Gasteiger partial charge in [0.05, 0.1) is 6.04 Å². The normalized spacial score (nSPS) is 19.4. The molecule has 3 heterocycles. The Morgan fingerprint density at radius 1 is 1.21 bits per heavy atom. The number of benzene rings is 1. The maximum Gasteiger partial charge on any atom is 0.451 e. The van der Waals surface area contributed by atoms with Gasteiger partial charge >= 0.3 is 12.3 Å². The number of nitrogens with one attached hydrogen (secondary N) is 1. The minimum Gasteiger partial charge on any atom is -0.465 e. The number of nitrogens with zero attached hydrogens (tertiary/aromatic N) is 4. The largest absolute Gasteiger partial charge is 0.465 e. The molecule has 0 spiro atoms. The van der Waals surface area contributed by atoms with Gasteiger partial charge in [0.2, 0.25) is 5.82 Å². The highest BCUT2D eigenvalue weighted by molar-refractivity contribution is 6.29. The van der Waals surface area contributed by atoms with Gasteiger partial charge in [0.15, 0.2) is 0 Å². The number of halogens is 4. The van der Waals surface area contributed by atoms with Gasteiger partial charge in [0.25, 0.3) is 0 Å². The van der Waals surface area contributed by atoms with Crippen LogP contribution < -0.4 is 5.32 Å². The predicted octanol–water partition coefficient (Wildman–Crippen LogP) is 3.79. The first-order valence-corrected chi connectivity index (χ1v) is 9.32. The standard InChI is InChI=1S/C18H17ClF3N5O2/c19-14-8-15(25-16(24-14)18(20,21)22)23-11-1-2-12-10(7-11)3-4-26-5-6-27(17(28)29)9-13(12)26/h1-2,7-8,13H,3-6,9H2,(H,28,29)(H,23,24,25)/t13-/m0/s1. The van der Waals surface area contributed by atoms with Crippen molar-refractivity contribution in [1.29, 1.82) is 0 Å². The Morgan fingerprint density at radius 2 is 2.00 bits per heavy atom. The van der Waals surface area contributed by atoms with Crippen LogP contribution in [0.2, 0.25) is 5.15 Å². The van der Waals surface area contributed by atoms with E-state index in [-0.39, 0.29) is 17.0 Å². The van der Waals surface area contributed by atoms with Crippen LogP contribution in [0.1, 0.15) is 23.0 Å². The van der Waals surface area contributed by atoms with Crippen LogP contribution >= 0.6 is 11.6 Å². The van der Waals surface area contributed by atoms with Gasteiger partial charge in [-0.3, -0.25) is 4.90 Å². The van der Waals surface area contributed by atoms with E-state index in [2.05, 4.69) is 20.2 Å². The molecule has 0 radical (unpaired) electrons. The quantitative estimate of drug-likeness (QED) is 0.710. The number of amides is 1. The number of fused-ring (bicyclic) bond motifs is 3. The van der Waals surface area contributed by atoms with Crippen molar-refractivity contribution in [1.82, 2.24) is 19.8 Å². The molecule has 0 aliphatic carbocycles. The summed E-state index contributed by atoms with van der Waals surface area (Å²) in [6, 6.07) is 6.68. The summed E-state index contributed by atoms with van der Waals surface area (Å²) >= 11 is 5.70. The van der Waals surface area contributed by atoms with E-state index in [1.165, 1.54) is 11.0 Å². The molecule has 1 fully saturated rings. The molecular weight excluding hydrogens is 411 g/mol. The minimum atomic E-state index is -4.70. The molecule has 0 saturated carbocycles. The van der Waals surface area contributed by atoms with Gasteiger partial charge in [-0.25, -0.2) is 14.8 Å². The molecule has 0 unspecified atom stereocenters. The third-order valence-corrected chi connectivity index (χ3v) is 5.35. The molecule has 2 aromatic rings. The molecular formula is C18H17ClF3N5O2. The smallest absolute Gasteiger partial charge is 0.451 e. The van der Waals surface area contributed by atoms with Gasteiger partial charge in [-0.05, 0) is 29.7 Å². The van der Waals surface area contributed by atoms with Crippen molar-refractivity contribution < 1.29 is 23.1 Å². The zero-order chi connectivity index (χ0) is 20.8. The summed E-state index contributed by atoms with van der Waals surface area (Å²) in [6.45, 7) is 2.35. The van der Waals surface area contributed by atoms with E-state index < -0.39 is 18.1 Å². The number of rotatable bonds is 2. The van der Waals surface area contributed by atoms with E-state index in [1.54, 1.807) is 6.07 Å². The molecule has 2 N–H and O–H groups in total. The van der Waals surface area contributed by atoms with Crippen molar-refractivity contribution in [3.8, 4) is 0 Å². The maximum absolute atomic E-state index is 12.9. The number of carbonyl (C=O) groups is 1. The molecule has 11 heteroatoms. The van der Waals surface area contributed by atoms with Gasteiger partial charge in [0.1, 0.15) is 11.0 Å². The second-order valence-corrected chi connectivity index (χ2v) is 7.35. The fourth-order valence-corrected chi connectivity index (χ4v) is 3.99. The molecule has 29 heavy (non-hydrogen) atoms. The van der Waals surface area contributed by atoms with Crippen LogP contribution in [-0.2, 0) is 12.6 Å². The highest BCUT2D eigenvalue weighted by Crippen LogP contribution is 2.35. The number of hydrogen-bond acceptors (Lipinski definition) is 5. The molecule has 0 bridgehead atoms. The Kier molecular flexibility index (Phi) is 4.99. The van der Waals surface area contributed by atoms with Crippen molar-refractivity contribution >= 4 is 29.2 Å². The summed E-state index contributed by atoms with van der Waals surface area (Å²) in [6.07, 6.45) is -4.86. The average molecular weight is 428 g/mol. The van der Waals surface area contributed by atoms with Gasteiger partial charge in [-0.1, -0.05) is 17.7 Å². The van der Waals surface area contributed by atoms with E-state index in [9.17, 15) is 23.1 Å². The summed E-state index contributed by atoms with van der Waals surface area (Å²) in [4.78, 5) is 21.7. The highest BCUT2D eigenvalue weighted by Gasteiger charge is 2.36. The molecule has 154 valence electrons. The number of anilines is 2. The summed E-state index contributed by atoms with van der Waals surface area (Å²) in [5, 5.41) is 11.8. The van der Waals surface area contributed by atoms with Gasteiger partial charge in [-0.2, -0.15) is 13.2 Å². The number of hydrogen-bond donors (Lipinski definition) is 2. The number of piperazine rings is 1. The van der Waals surface area contributed by atoms with E-state index in [1.807, 2.05) is 12.1 Å². The summed E-state index contributed by atoms with van der Waals surface area (Å²) in [5.41, 5.74) is 2.63. The predicted molar refractivity (Wildman–Crippen MR) is 99.4 cm³/mol. The lowest BCUT2D eigenvalue weighted by atomic mass is 9.90. The van der Waals surface area contributed by atoms with E-state index in [4.69, 9.17) is 11.6 Å². The third-order valence-electron chi connectivity index (χ3n) is 5.15. The summed E-state index contributed by atoms with van der Waals surface area (Å²) in [7, 11) is 0. The Hall–Kier alpha value is -2.59. The van der Waals surface area contributed by atoms with E-state index in [0.717, 1.165) is 24.1 Å². The molecule has 2 aliphatic rings. The lowest BCUT2D eigenvalue weighted by molar-refractivity contribution is -0.144. The molecule has 1 saturated heterocycles. The van der Waals surface area contributed by atoms with Crippen LogP contribution in [-0.4, -0.2) is 57.1 Å². The van der Waals surface area contributed by atoms with Crippen LogP contribution in [0.25, 0.3) is 0 Å². The average Bonchev–Trinajstić information content (AvgIpc) is 2.66. The molecule has 1 aromatic carbocycles. The van der Waals surface area contributed by atoms with E-state index in [0.29, 0.717) is 25.3 Å². The van der Waals surface area contributed by atoms with Crippen molar-refractivity contribution in [2.24, 2.45) is 0 Å². The summed E-state index contributed by atoms with van der Waals surface area (Å²) in [5.74, 6) is -1.36. The second kappa shape index (κ2) is 7.34. The van der Waals surface area contributed by atoms with Crippen LogP contribution in [0.5, 0.6) is 0 Å². The molecule has 2 aliphatic heterocycles. The molecule has 1 aromatic heterocycles. The Balaban J connectivity index is 1.58. The molecule has 7 nitrogen and oxygen atoms in total. The number of carboxylic acid groups (broad SMARTS) is 1. The van der Waals surface area contributed by atoms with Crippen LogP contribution in [0.15, 0.2) is 24.3 Å². The fourth-order valence-electron chi connectivity index (χ4n) is 3.80. The maximum atomic E-state index is 12.9. The van der Waals surface area contributed by atoms with Gasteiger partial charge in [-0.15, -0.1) is 0 Å². The van der Waals surface area contributed by atoms with Gasteiger partial charge < -0.3 is 15.3 Å². The lowest BCUT2D eigenvalue weighted by Gasteiger charge is -2.44. The first-order chi connectivity index (χ1) is 13.7. The lowest BCUT2D eigenvalue weighted by Crippen LogP contribution is -2.52. The minimum absolute atomic E-state index is 0.0250. The highest BCUT2D eigenvalue weighted by atomic mass is 35.5. The van der Waals surface area contributed by atoms with Crippen LogP contribution in [0, 0.1) is 0 Å². The Bertz CT molecular complexity index is 956. The van der Waals surface area contributed by atoms with E-state index >= 15 is 0 Å². The van der Waals surface area contributed by atoms with Crippen molar-refractivity contribution in [2.75, 3.05) is 31.5 Å². The molecule has 1 atom stereocenters. The van der Waals surface area contributed by atoms with Crippen LogP contribution in [0.4, 0.5) is 29.5 Å². The summed E-state index contributed by atoms with van der Waals surface area (Å²) < 4.78 is 38.7. The Morgan fingerprint density at radius 3 is 2.72 bits per heavy atom.